The molecule has 3 aromatic rings. The Morgan fingerprint density at radius 1 is 1.09 bits per heavy atom. The van der Waals surface area contributed by atoms with Gasteiger partial charge in [0.25, 0.3) is 11.8 Å². The number of carbonyl (C=O) groups is 2. The number of nitrogens with zero attached hydrogens (tertiary/aromatic N) is 1. The standard InChI is InChI=1S/C27H27ClN4O2/c1-15-11-21(27(34)32-13-16(2)29-17(3)14-32)24(30-15)12-22-25-20(18-7-9-19(28)10-8-18)5-4-6-23(25)31-26(22)33/h4-12,16-17,29-30H,13-14H2,1-3H3,(H,31,33)/b22-12-/t16-,17+. The minimum Gasteiger partial charge on any atom is -0.358 e. The molecule has 2 atom stereocenters. The SMILES string of the molecule is Cc1cc(C(=O)N2C[C@@H](C)N[C@@H](C)C2)c(/C=C2\C(=O)Nc3cccc(-c4ccc(Cl)cc4)c32)[nH]1. The normalized spacial score (nSPS) is 21.0. The molecule has 174 valence electrons. The zero-order valence-electron chi connectivity index (χ0n) is 19.4. The first-order chi connectivity index (χ1) is 16.3. The van der Waals surface area contributed by atoms with Gasteiger partial charge in [-0.05, 0) is 62.2 Å². The Morgan fingerprint density at radius 3 is 2.50 bits per heavy atom. The highest BCUT2D eigenvalue weighted by Crippen LogP contribution is 2.40. The number of anilines is 1. The van der Waals surface area contributed by atoms with Crippen molar-refractivity contribution in [2.75, 3.05) is 18.4 Å². The molecule has 3 N–H and O–H groups in total. The first-order valence-electron chi connectivity index (χ1n) is 11.5. The molecular weight excluding hydrogens is 448 g/mol. The third-order valence-corrected chi connectivity index (χ3v) is 6.58. The van der Waals surface area contributed by atoms with E-state index in [-0.39, 0.29) is 23.9 Å². The van der Waals surface area contributed by atoms with Crippen molar-refractivity contribution in [2.24, 2.45) is 0 Å². The van der Waals surface area contributed by atoms with Gasteiger partial charge in [0.2, 0.25) is 0 Å². The van der Waals surface area contributed by atoms with E-state index < -0.39 is 0 Å². The Bertz CT molecular complexity index is 1300. The molecule has 1 saturated heterocycles. The molecule has 0 unspecified atom stereocenters. The van der Waals surface area contributed by atoms with Crippen molar-refractivity contribution in [3.05, 3.63) is 76.1 Å². The predicted octanol–water partition coefficient (Wildman–Crippen LogP) is 4.96. The van der Waals surface area contributed by atoms with Crippen molar-refractivity contribution in [1.82, 2.24) is 15.2 Å². The molecule has 1 aromatic heterocycles. The number of halogens is 1. The number of nitrogens with one attached hydrogen (secondary N) is 3. The number of aromatic amines is 1. The molecule has 2 aromatic carbocycles. The highest BCUT2D eigenvalue weighted by molar-refractivity contribution is 6.36. The number of H-pyrrole nitrogens is 1. The summed E-state index contributed by atoms with van der Waals surface area (Å²) in [5, 5.41) is 7.09. The molecule has 2 aliphatic rings. The van der Waals surface area contributed by atoms with Crippen molar-refractivity contribution in [1.29, 1.82) is 0 Å². The maximum atomic E-state index is 13.5. The van der Waals surface area contributed by atoms with Gasteiger partial charge in [-0.15, -0.1) is 0 Å². The van der Waals surface area contributed by atoms with Crippen molar-refractivity contribution in [2.45, 2.75) is 32.9 Å². The van der Waals surface area contributed by atoms with Crippen LogP contribution in [0, 0.1) is 6.92 Å². The van der Waals surface area contributed by atoms with E-state index in [1.807, 2.05) is 60.4 Å². The van der Waals surface area contributed by atoms with Crippen LogP contribution in [0.5, 0.6) is 0 Å². The number of rotatable bonds is 3. The van der Waals surface area contributed by atoms with Gasteiger partial charge in [0, 0.05) is 47.1 Å². The average Bonchev–Trinajstić information content (AvgIpc) is 3.32. The molecule has 0 radical (unpaired) electrons. The smallest absolute Gasteiger partial charge is 0.256 e. The molecule has 0 bridgehead atoms. The molecule has 0 spiro atoms. The van der Waals surface area contributed by atoms with Crippen LogP contribution in [-0.2, 0) is 4.79 Å². The zero-order valence-corrected chi connectivity index (χ0v) is 20.2. The highest BCUT2D eigenvalue weighted by Gasteiger charge is 2.30. The maximum Gasteiger partial charge on any atom is 0.256 e. The Balaban J connectivity index is 1.57. The lowest BCUT2D eigenvalue weighted by atomic mass is 9.94. The van der Waals surface area contributed by atoms with Gasteiger partial charge in [0.15, 0.2) is 0 Å². The Morgan fingerprint density at radius 2 is 1.79 bits per heavy atom. The number of hydrogen-bond acceptors (Lipinski definition) is 3. The molecule has 6 nitrogen and oxygen atoms in total. The molecule has 2 amide bonds. The van der Waals surface area contributed by atoms with Crippen molar-refractivity contribution >= 4 is 40.8 Å². The fraction of sp³-hybridized carbons (Fsp3) is 0.259. The average molecular weight is 475 g/mol. The number of hydrogen-bond donors (Lipinski definition) is 3. The number of aromatic nitrogens is 1. The van der Waals surface area contributed by atoms with Gasteiger partial charge in [-0.25, -0.2) is 0 Å². The number of carbonyl (C=O) groups excluding carboxylic acids is 2. The van der Waals surface area contributed by atoms with E-state index in [1.165, 1.54) is 0 Å². The summed E-state index contributed by atoms with van der Waals surface area (Å²) in [6.07, 6.45) is 1.80. The van der Waals surface area contributed by atoms with Crippen molar-refractivity contribution in [3.8, 4) is 11.1 Å². The van der Waals surface area contributed by atoms with Crippen LogP contribution in [0.15, 0.2) is 48.5 Å². The van der Waals surface area contributed by atoms with Crippen LogP contribution in [0.4, 0.5) is 5.69 Å². The highest BCUT2D eigenvalue weighted by atomic mass is 35.5. The van der Waals surface area contributed by atoms with Gasteiger partial charge in [-0.1, -0.05) is 35.9 Å². The number of amides is 2. The van der Waals surface area contributed by atoms with Crippen LogP contribution in [0.25, 0.3) is 22.8 Å². The van der Waals surface area contributed by atoms with Crippen LogP contribution in [0.2, 0.25) is 5.02 Å². The van der Waals surface area contributed by atoms with E-state index in [9.17, 15) is 9.59 Å². The first-order valence-corrected chi connectivity index (χ1v) is 11.8. The van der Waals surface area contributed by atoms with Crippen LogP contribution >= 0.6 is 11.6 Å². The summed E-state index contributed by atoms with van der Waals surface area (Å²) in [6.45, 7) is 7.38. The number of fused-ring (bicyclic) bond motifs is 1. The molecule has 34 heavy (non-hydrogen) atoms. The molecule has 1 fully saturated rings. The molecule has 7 heteroatoms. The van der Waals surface area contributed by atoms with Crippen LogP contribution in [-0.4, -0.2) is 46.9 Å². The Kier molecular flexibility index (Phi) is 5.80. The van der Waals surface area contributed by atoms with Crippen LogP contribution in [0.3, 0.4) is 0 Å². The third kappa shape index (κ3) is 4.15. The molecule has 0 saturated carbocycles. The van der Waals surface area contributed by atoms with Gasteiger partial charge >= 0.3 is 0 Å². The second-order valence-corrected chi connectivity index (χ2v) is 9.64. The minimum absolute atomic E-state index is 0.0268. The molecule has 5 rings (SSSR count). The topological polar surface area (TPSA) is 77.2 Å². The quantitative estimate of drug-likeness (QED) is 0.469. The molecule has 2 aliphatic heterocycles. The van der Waals surface area contributed by atoms with E-state index in [2.05, 4.69) is 29.5 Å². The van der Waals surface area contributed by atoms with E-state index in [0.717, 1.165) is 28.1 Å². The summed E-state index contributed by atoms with van der Waals surface area (Å²) in [5.41, 5.74) is 6.09. The molecule has 3 heterocycles. The number of piperazine rings is 1. The summed E-state index contributed by atoms with van der Waals surface area (Å²) in [7, 11) is 0. The third-order valence-electron chi connectivity index (χ3n) is 6.33. The number of aryl methyl sites for hydroxylation is 1. The number of benzene rings is 2. The van der Waals surface area contributed by atoms with E-state index in [4.69, 9.17) is 11.6 Å². The lowest BCUT2D eigenvalue weighted by Gasteiger charge is -2.36. The van der Waals surface area contributed by atoms with Gasteiger partial charge < -0.3 is 20.5 Å². The fourth-order valence-electron chi connectivity index (χ4n) is 4.97. The fourth-order valence-corrected chi connectivity index (χ4v) is 5.09. The summed E-state index contributed by atoms with van der Waals surface area (Å²) in [6, 6.07) is 15.7. The predicted molar refractivity (Wildman–Crippen MR) is 137 cm³/mol. The summed E-state index contributed by atoms with van der Waals surface area (Å²) >= 11 is 6.09. The summed E-state index contributed by atoms with van der Waals surface area (Å²) < 4.78 is 0. The monoisotopic (exact) mass is 474 g/mol. The largest absolute Gasteiger partial charge is 0.358 e. The van der Waals surface area contributed by atoms with Crippen LogP contribution < -0.4 is 10.6 Å². The van der Waals surface area contributed by atoms with E-state index in [1.54, 1.807) is 6.08 Å². The zero-order chi connectivity index (χ0) is 24.0. The van der Waals surface area contributed by atoms with Gasteiger partial charge in [0.1, 0.15) is 0 Å². The molecular formula is C27H27ClN4O2. The lowest BCUT2D eigenvalue weighted by Crippen LogP contribution is -2.55. The minimum atomic E-state index is -0.188. The summed E-state index contributed by atoms with van der Waals surface area (Å²) in [5.74, 6) is -0.215. The van der Waals surface area contributed by atoms with Crippen molar-refractivity contribution in [3.63, 3.8) is 0 Å². The Hall–Kier alpha value is -3.35. The van der Waals surface area contributed by atoms with Crippen molar-refractivity contribution < 1.29 is 9.59 Å². The van der Waals surface area contributed by atoms with Crippen LogP contribution in [0.1, 0.15) is 41.2 Å². The summed E-state index contributed by atoms with van der Waals surface area (Å²) in [4.78, 5) is 31.7. The van der Waals surface area contributed by atoms with Gasteiger partial charge in [-0.2, -0.15) is 0 Å². The first kappa shape index (κ1) is 22.4. The van der Waals surface area contributed by atoms with Gasteiger partial charge in [-0.3, -0.25) is 9.59 Å². The second kappa shape index (κ2) is 8.78. The Labute approximate surface area is 204 Å². The van der Waals surface area contributed by atoms with E-state index >= 15 is 0 Å². The maximum absolute atomic E-state index is 13.5. The molecule has 0 aliphatic carbocycles. The lowest BCUT2D eigenvalue weighted by molar-refractivity contribution is -0.110. The second-order valence-electron chi connectivity index (χ2n) is 9.21. The van der Waals surface area contributed by atoms with Gasteiger partial charge in [0.05, 0.1) is 16.8 Å². The van der Waals surface area contributed by atoms with E-state index in [0.29, 0.717) is 34.9 Å².